The summed E-state index contributed by atoms with van der Waals surface area (Å²) in [5.74, 6) is -0.889. The van der Waals surface area contributed by atoms with E-state index in [2.05, 4.69) is 4.90 Å². The van der Waals surface area contributed by atoms with Gasteiger partial charge in [-0.05, 0) is 56.4 Å². The van der Waals surface area contributed by atoms with Crippen molar-refractivity contribution in [1.29, 1.82) is 0 Å². The Labute approximate surface area is 113 Å². The topological polar surface area (TPSA) is 60.8 Å². The lowest BCUT2D eigenvalue weighted by Gasteiger charge is -2.38. The van der Waals surface area contributed by atoms with E-state index in [1.54, 1.807) is 12.1 Å². The summed E-state index contributed by atoms with van der Waals surface area (Å²) in [7, 11) is 0. The number of rotatable bonds is 4. The lowest BCUT2D eigenvalue weighted by atomic mass is 9.97. The van der Waals surface area contributed by atoms with Gasteiger partial charge in [0.05, 0.1) is 5.56 Å². The third-order valence-corrected chi connectivity index (χ3v) is 3.84. The van der Waals surface area contributed by atoms with Gasteiger partial charge in [-0.1, -0.05) is 0 Å². The van der Waals surface area contributed by atoms with Crippen LogP contribution in [0.5, 0.6) is 0 Å². The Hall–Kier alpha value is -1.55. The monoisotopic (exact) mass is 263 g/mol. The summed E-state index contributed by atoms with van der Waals surface area (Å²) >= 11 is 0. The number of benzene rings is 1. The van der Waals surface area contributed by atoms with Gasteiger partial charge < -0.3 is 15.1 Å². The van der Waals surface area contributed by atoms with Crippen molar-refractivity contribution in [2.75, 3.05) is 18.1 Å². The maximum atomic E-state index is 11.0. The lowest BCUT2D eigenvalue weighted by Crippen LogP contribution is -2.40. The van der Waals surface area contributed by atoms with Crippen molar-refractivity contribution >= 4 is 11.7 Å². The Kier molecular flexibility index (Phi) is 4.43. The molecule has 1 unspecified atom stereocenters. The zero-order valence-corrected chi connectivity index (χ0v) is 11.3. The van der Waals surface area contributed by atoms with Crippen molar-refractivity contribution in [3.05, 3.63) is 29.3 Å². The molecule has 2 N–H and O–H groups in total. The maximum absolute atomic E-state index is 11.0. The summed E-state index contributed by atoms with van der Waals surface area (Å²) in [6, 6.07) is 5.65. The number of aromatic carboxylic acids is 1. The summed E-state index contributed by atoms with van der Waals surface area (Å²) in [6.45, 7) is 3.14. The summed E-state index contributed by atoms with van der Waals surface area (Å²) in [5.41, 5.74) is 2.42. The minimum atomic E-state index is -0.889. The van der Waals surface area contributed by atoms with E-state index in [0.717, 1.165) is 37.1 Å². The summed E-state index contributed by atoms with van der Waals surface area (Å²) in [4.78, 5) is 13.3. The average molecular weight is 263 g/mol. The molecule has 0 radical (unpaired) electrons. The third-order valence-electron chi connectivity index (χ3n) is 3.84. The van der Waals surface area contributed by atoms with Gasteiger partial charge in [0.1, 0.15) is 0 Å². The Bertz CT molecular complexity index is 457. The maximum Gasteiger partial charge on any atom is 0.335 e. The Morgan fingerprint density at radius 2 is 2.21 bits per heavy atom. The van der Waals surface area contributed by atoms with Crippen LogP contribution >= 0.6 is 0 Å². The molecule has 1 aliphatic heterocycles. The molecule has 1 heterocycles. The Morgan fingerprint density at radius 1 is 1.42 bits per heavy atom. The quantitative estimate of drug-likeness (QED) is 0.876. The first-order valence-electron chi connectivity index (χ1n) is 6.85. The first kappa shape index (κ1) is 13.9. The molecule has 2 rings (SSSR count). The summed E-state index contributed by atoms with van der Waals surface area (Å²) in [5, 5.41) is 18.2. The van der Waals surface area contributed by atoms with Crippen LogP contribution in [0.4, 0.5) is 5.69 Å². The van der Waals surface area contributed by atoms with E-state index < -0.39 is 5.97 Å². The fourth-order valence-electron chi connectivity index (χ4n) is 2.88. The van der Waals surface area contributed by atoms with E-state index in [0.29, 0.717) is 11.6 Å². The van der Waals surface area contributed by atoms with Gasteiger partial charge in [-0.25, -0.2) is 4.79 Å². The second-order valence-corrected chi connectivity index (χ2v) is 5.16. The van der Waals surface area contributed by atoms with Gasteiger partial charge in [-0.3, -0.25) is 0 Å². The number of carboxylic acids is 1. The number of hydrogen-bond donors (Lipinski definition) is 2. The van der Waals surface area contributed by atoms with E-state index >= 15 is 0 Å². The highest BCUT2D eigenvalue weighted by molar-refractivity contribution is 5.88. The first-order valence-corrected chi connectivity index (χ1v) is 6.85. The molecule has 1 saturated heterocycles. The molecule has 0 aliphatic carbocycles. The van der Waals surface area contributed by atoms with E-state index in [-0.39, 0.29) is 6.61 Å². The molecule has 4 heteroatoms. The summed E-state index contributed by atoms with van der Waals surface area (Å²) in [6.07, 6.45) is 4.23. The van der Waals surface area contributed by atoms with Crippen LogP contribution in [0.1, 0.15) is 41.6 Å². The molecule has 0 aromatic heterocycles. The van der Waals surface area contributed by atoms with E-state index in [4.69, 9.17) is 10.2 Å². The number of aliphatic hydroxyl groups excluding tert-OH is 1. The van der Waals surface area contributed by atoms with Crippen LogP contribution in [-0.2, 0) is 0 Å². The third kappa shape index (κ3) is 3.07. The second kappa shape index (κ2) is 6.06. The number of carboxylic acid groups (broad SMARTS) is 1. The average Bonchev–Trinajstić information content (AvgIpc) is 2.40. The molecule has 1 aromatic carbocycles. The minimum Gasteiger partial charge on any atom is -0.478 e. The van der Waals surface area contributed by atoms with Gasteiger partial charge in [0.25, 0.3) is 0 Å². The smallest absolute Gasteiger partial charge is 0.335 e. The SMILES string of the molecule is Cc1cc(C(=O)O)ccc1N1CCCCC1CCO. The van der Waals surface area contributed by atoms with Crippen LogP contribution in [0.15, 0.2) is 18.2 Å². The summed E-state index contributed by atoms with van der Waals surface area (Å²) < 4.78 is 0. The van der Waals surface area contributed by atoms with Crippen LogP contribution in [0.2, 0.25) is 0 Å². The van der Waals surface area contributed by atoms with Crippen LogP contribution < -0.4 is 4.90 Å². The van der Waals surface area contributed by atoms with Gasteiger partial charge in [-0.2, -0.15) is 0 Å². The molecule has 19 heavy (non-hydrogen) atoms. The zero-order chi connectivity index (χ0) is 13.8. The highest BCUT2D eigenvalue weighted by Gasteiger charge is 2.23. The fourth-order valence-corrected chi connectivity index (χ4v) is 2.88. The highest BCUT2D eigenvalue weighted by Crippen LogP contribution is 2.29. The first-order chi connectivity index (χ1) is 9.13. The largest absolute Gasteiger partial charge is 0.478 e. The van der Waals surface area contributed by atoms with Crippen molar-refractivity contribution in [1.82, 2.24) is 0 Å². The zero-order valence-electron chi connectivity index (χ0n) is 11.3. The molecule has 1 atom stereocenters. The van der Waals surface area contributed by atoms with E-state index in [9.17, 15) is 4.79 Å². The van der Waals surface area contributed by atoms with E-state index in [1.165, 1.54) is 6.42 Å². The predicted molar refractivity (Wildman–Crippen MR) is 74.8 cm³/mol. The Morgan fingerprint density at radius 3 is 2.84 bits per heavy atom. The second-order valence-electron chi connectivity index (χ2n) is 5.16. The molecule has 104 valence electrons. The number of piperidine rings is 1. The number of anilines is 1. The van der Waals surface area contributed by atoms with Crippen LogP contribution in [-0.4, -0.2) is 35.4 Å². The van der Waals surface area contributed by atoms with Gasteiger partial charge in [0.15, 0.2) is 0 Å². The van der Waals surface area contributed by atoms with Crippen LogP contribution in [0.25, 0.3) is 0 Å². The van der Waals surface area contributed by atoms with E-state index in [1.807, 2.05) is 13.0 Å². The van der Waals surface area contributed by atoms with Crippen molar-refractivity contribution in [3.8, 4) is 0 Å². The van der Waals surface area contributed by atoms with Gasteiger partial charge in [0, 0.05) is 24.9 Å². The molecule has 4 nitrogen and oxygen atoms in total. The molecule has 1 fully saturated rings. The molecule has 1 aromatic rings. The number of carbonyl (C=O) groups is 1. The molecule has 0 saturated carbocycles. The molecule has 0 spiro atoms. The number of hydrogen-bond acceptors (Lipinski definition) is 3. The predicted octanol–water partition coefficient (Wildman–Crippen LogP) is 2.43. The van der Waals surface area contributed by atoms with Crippen molar-refractivity contribution in [3.63, 3.8) is 0 Å². The van der Waals surface area contributed by atoms with Gasteiger partial charge in [-0.15, -0.1) is 0 Å². The number of nitrogens with zero attached hydrogens (tertiary/aromatic N) is 1. The number of aliphatic hydroxyl groups is 1. The number of aryl methyl sites for hydroxylation is 1. The Balaban J connectivity index is 2.26. The fraction of sp³-hybridized carbons (Fsp3) is 0.533. The standard InChI is InChI=1S/C15H21NO3/c1-11-10-12(15(18)19)5-6-14(11)16-8-3-2-4-13(16)7-9-17/h5-6,10,13,17H,2-4,7-9H2,1H3,(H,18,19). The molecular weight excluding hydrogens is 242 g/mol. The molecule has 1 aliphatic rings. The van der Waals surface area contributed by atoms with Crippen molar-refractivity contribution < 1.29 is 15.0 Å². The molecular formula is C15H21NO3. The van der Waals surface area contributed by atoms with Crippen LogP contribution in [0.3, 0.4) is 0 Å². The van der Waals surface area contributed by atoms with Crippen LogP contribution in [0, 0.1) is 6.92 Å². The molecule has 0 bridgehead atoms. The molecule has 0 amide bonds. The highest BCUT2D eigenvalue weighted by atomic mass is 16.4. The normalized spacial score (nSPS) is 19.5. The van der Waals surface area contributed by atoms with Crippen molar-refractivity contribution in [2.24, 2.45) is 0 Å². The van der Waals surface area contributed by atoms with Gasteiger partial charge >= 0.3 is 5.97 Å². The van der Waals surface area contributed by atoms with Crippen molar-refractivity contribution in [2.45, 2.75) is 38.6 Å². The lowest BCUT2D eigenvalue weighted by molar-refractivity contribution is 0.0697. The minimum absolute atomic E-state index is 0.202. The van der Waals surface area contributed by atoms with Gasteiger partial charge in [0.2, 0.25) is 0 Å².